The van der Waals surface area contributed by atoms with Crippen molar-refractivity contribution in [2.45, 2.75) is 4.90 Å². The van der Waals surface area contributed by atoms with Crippen molar-refractivity contribution in [1.29, 1.82) is 0 Å². The molecule has 0 aromatic heterocycles. The van der Waals surface area contributed by atoms with E-state index in [1.807, 2.05) is 0 Å². The predicted octanol–water partition coefficient (Wildman–Crippen LogP) is 3.72. The topological polar surface area (TPSA) is 81.5 Å². The Bertz CT molecular complexity index is 750. The van der Waals surface area contributed by atoms with Gasteiger partial charge >= 0.3 is 0 Å². The highest BCUT2D eigenvalue weighted by Gasteiger charge is 2.24. The van der Waals surface area contributed by atoms with Crippen molar-refractivity contribution in [3.05, 3.63) is 57.9 Å². The molecule has 8 heteroatoms. The van der Waals surface area contributed by atoms with Crippen LogP contribution in [0.4, 0.5) is 15.8 Å². The summed E-state index contributed by atoms with van der Waals surface area (Å²) in [5.41, 5.74) is -0.115. The maximum Gasteiger partial charge on any atom is 0.285 e. The van der Waals surface area contributed by atoms with Crippen LogP contribution >= 0.6 is 11.8 Å². The Morgan fingerprint density at radius 3 is 2.48 bits per heavy atom. The zero-order valence-electron chi connectivity index (χ0n) is 12.3. The Hall–Kier alpha value is -2.61. The van der Waals surface area contributed by atoms with Gasteiger partial charge in [-0.3, -0.25) is 14.9 Å². The summed E-state index contributed by atoms with van der Waals surface area (Å²) < 4.78 is 18.0. The van der Waals surface area contributed by atoms with Crippen LogP contribution in [-0.2, 0) is 0 Å². The zero-order chi connectivity index (χ0) is 17.0. The molecule has 2 aromatic rings. The van der Waals surface area contributed by atoms with Crippen molar-refractivity contribution in [3.63, 3.8) is 0 Å². The lowest BCUT2D eigenvalue weighted by Gasteiger charge is -2.10. The number of hydrogen-bond donors (Lipinski definition) is 1. The van der Waals surface area contributed by atoms with Crippen LogP contribution in [0.25, 0.3) is 0 Å². The number of rotatable bonds is 5. The van der Waals surface area contributed by atoms with E-state index in [1.54, 1.807) is 6.26 Å². The molecule has 0 unspecified atom stereocenters. The third kappa shape index (κ3) is 3.78. The number of nitrogens with one attached hydrogen (secondary N) is 1. The molecule has 0 saturated heterocycles. The van der Waals surface area contributed by atoms with Gasteiger partial charge in [0, 0.05) is 5.69 Å². The Balaban J connectivity index is 2.41. The Kier molecular flexibility index (Phi) is 5.17. The number of anilines is 1. The van der Waals surface area contributed by atoms with Crippen molar-refractivity contribution in [3.8, 4) is 5.75 Å². The van der Waals surface area contributed by atoms with Crippen LogP contribution in [0.2, 0.25) is 0 Å². The number of ether oxygens (including phenoxy) is 1. The van der Waals surface area contributed by atoms with E-state index >= 15 is 0 Å². The molecule has 6 nitrogen and oxygen atoms in total. The number of nitrogens with zero attached hydrogens (tertiary/aromatic N) is 1. The summed E-state index contributed by atoms with van der Waals surface area (Å²) in [4.78, 5) is 23.5. The lowest BCUT2D eigenvalue weighted by molar-refractivity contribution is -0.385. The van der Waals surface area contributed by atoms with Gasteiger partial charge in [-0.1, -0.05) is 0 Å². The van der Waals surface area contributed by atoms with E-state index in [4.69, 9.17) is 4.74 Å². The minimum atomic E-state index is -0.652. The number of hydrogen-bond acceptors (Lipinski definition) is 5. The van der Waals surface area contributed by atoms with E-state index in [0.29, 0.717) is 16.3 Å². The smallest absolute Gasteiger partial charge is 0.285 e. The number of amides is 1. The average Bonchev–Trinajstić information content (AvgIpc) is 2.55. The van der Waals surface area contributed by atoms with Gasteiger partial charge in [0.25, 0.3) is 11.6 Å². The largest absolute Gasteiger partial charge is 0.495 e. The molecule has 0 fully saturated rings. The number of thioether (sulfide) groups is 1. The standard InChI is InChI=1S/C15H13FN2O4S/c1-22-13-8-12(18(20)21)11(7-14(13)23-2)15(19)17-10-5-3-9(16)4-6-10/h3-8H,1-2H3,(H,17,19). The molecular weight excluding hydrogens is 323 g/mol. The molecule has 0 radical (unpaired) electrons. The molecule has 0 heterocycles. The first kappa shape index (κ1) is 16.8. The number of carbonyl (C=O) groups excluding carboxylic acids is 1. The Morgan fingerprint density at radius 1 is 1.30 bits per heavy atom. The number of carbonyl (C=O) groups is 1. The van der Waals surface area contributed by atoms with Gasteiger partial charge in [0.15, 0.2) is 0 Å². The first-order chi connectivity index (χ1) is 11.0. The number of benzene rings is 2. The lowest BCUT2D eigenvalue weighted by Crippen LogP contribution is -2.14. The van der Waals surface area contributed by atoms with E-state index < -0.39 is 16.6 Å². The van der Waals surface area contributed by atoms with Crippen molar-refractivity contribution < 1.29 is 18.8 Å². The lowest BCUT2D eigenvalue weighted by atomic mass is 10.1. The Labute approximate surface area is 135 Å². The van der Waals surface area contributed by atoms with Gasteiger partial charge in [-0.05, 0) is 36.6 Å². The normalized spacial score (nSPS) is 10.2. The van der Waals surface area contributed by atoms with Gasteiger partial charge in [-0.2, -0.15) is 0 Å². The number of nitro benzene ring substituents is 1. The molecular formula is C15H13FN2O4S. The van der Waals surface area contributed by atoms with Crippen LogP contribution in [0, 0.1) is 15.9 Å². The molecule has 2 aromatic carbocycles. The number of nitro groups is 1. The van der Waals surface area contributed by atoms with Crippen molar-refractivity contribution in [1.82, 2.24) is 0 Å². The van der Waals surface area contributed by atoms with E-state index in [9.17, 15) is 19.3 Å². The maximum absolute atomic E-state index is 12.9. The van der Waals surface area contributed by atoms with Crippen LogP contribution in [0.15, 0.2) is 41.3 Å². The molecule has 0 saturated carbocycles. The minimum absolute atomic E-state index is 0.0931. The second-order valence-electron chi connectivity index (χ2n) is 4.44. The summed E-state index contributed by atoms with van der Waals surface area (Å²) in [5, 5.41) is 13.7. The van der Waals surface area contributed by atoms with Gasteiger partial charge in [-0.15, -0.1) is 11.8 Å². The van der Waals surface area contributed by atoms with Crippen LogP contribution in [-0.4, -0.2) is 24.2 Å². The van der Waals surface area contributed by atoms with Gasteiger partial charge in [0.2, 0.25) is 0 Å². The summed E-state index contributed by atoms with van der Waals surface area (Å²) in [5.74, 6) is -0.771. The van der Waals surface area contributed by atoms with Gasteiger partial charge in [-0.25, -0.2) is 4.39 Å². The summed E-state index contributed by atoms with van der Waals surface area (Å²) in [6, 6.07) is 7.73. The average molecular weight is 336 g/mol. The molecule has 23 heavy (non-hydrogen) atoms. The molecule has 120 valence electrons. The second kappa shape index (κ2) is 7.10. The highest BCUT2D eigenvalue weighted by molar-refractivity contribution is 7.98. The predicted molar refractivity (Wildman–Crippen MR) is 85.8 cm³/mol. The Morgan fingerprint density at radius 2 is 1.96 bits per heavy atom. The molecule has 0 aliphatic rings. The highest BCUT2D eigenvalue weighted by atomic mass is 32.2. The first-order valence-electron chi connectivity index (χ1n) is 6.43. The van der Waals surface area contributed by atoms with Crippen molar-refractivity contribution >= 4 is 29.0 Å². The fourth-order valence-corrected chi connectivity index (χ4v) is 2.51. The maximum atomic E-state index is 12.9. The fraction of sp³-hybridized carbons (Fsp3) is 0.133. The minimum Gasteiger partial charge on any atom is -0.495 e. The number of halogens is 1. The molecule has 0 spiro atoms. The molecule has 2 rings (SSSR count). The molecule has 1 amide bonds. The summed E-state index contributed by atoms with van der Waals surface area (Å²) in [6.45, 7) is 0. The van der Waals surface area contributed by atoms with Crippen molar-refractivity contribution in [2.75, 3.05) is 18.7 Å². The van der Waals surface area contributed by atoms with E-state index in [0.717, 1.165) is 0 Å². The number of methoxy groups -OCH3 is 1. The molecule has 0 atom stereocenters. The SMILES string of the molecule is COc1cc([N+](=O)[O-])c(C(=O)Nc2ccc(F)cc2)cc1SC. The van der Waals surface area contributed by atoms with Gasteiger partial charge < -0.3 is 10.1 Å². The van der Waals surface area contributed by atoms with Crippen LogP contribution in [0.3, 0.4) is 0 Å². The monoisotopic (exact) mass is 336 g/mol. The summed E-state index contributed by atoms with van der Waals surface area (Å²) in [7, 11) is 1.40. The van der Waals surface area contributed by atoms with Crippen LogP contribution in [0.5, 0.6) is 5.75 Å². The second-order valence-corrected chi connectivity index (χ2v) is 5.29. The third-order valence-corrected chi connectivity index (χ3v) is 3.80. The molecule has 0 aliphatic heterocycles. The highest BCUT2D eigenvalue weighted by Crippen LogP contribution is 2.34. The van der Waals surface area contributed by atoms with E-state index in [2.05, 4.69) is 5.32 Å². The van der Waals surface area contributed by atoms with Gasteiger partial charge in [0.05, 0.1) is 23.0 Å². The molecule has 0 bridgehead atoms. The van der Waals surface area contributed by atoms with E-state index in [1.165, 1.54) is 55.3 Å². The van der Waals surface area contributed by atoms with Crippen LogP contribution in [0.1, 0.15) is 10.4 Å². The quantitative estimate of drug-likeness (QED) is 0.511. The third-order valence-electron chi connectivity index (χ3n) is 3.05. The summed E-state index contributed by atoms with van der Waals surface area (Å²) in [6.07, 6.45) is 1.77. The zero-order valence-corrected chi connectivity index (χ0v) is 13.1. The van der Waals surface area contributed by atoms with Gasteiger partial charge in [0.1, 0.15) is 17.1 Å². The van der Waals surface area contributed by atoms with E-state index in [-0.39, 0.29) is 11.3 Å². The molecule has 1 N–H and O–H groups in total. The van der Waals surface area contributed by atoms with Crippen LogP contribution < -0.4 is 10.1 Å². The van der Waals surface area contributed by atoms with Crippen molar-refractivity contribution in [2.24, 2.45) is 0 Å². The first-order valence-corrected chi connectivity index (χ1v) is 7.66. The fourth-order valence-electron chi connectivity index (χ4n) is 1.93. The molecule has 0 aliphatic carbocycles. The summed E-state index contributed by atoms with van der Waals surface area (Å²) >= 11 is 1.30.